The van der Waals surface area contributed by atoms with Crippen LogP contribution in [0, 0.1) is 6.92 Å². The minimum Gasteiger partial charge on any atom is -0.341 e. The zero-order valence-electron chi connectivity index (χ0n) is 17.4. The Morgan fingerprint density at radius 3 is 2.75 bits per heavy atom. The Kier molecular flexibility index (Phi) is 5.68. The van der Waals surface area contributed by atoms with Crippen molar-refractivity contribution in [1.82, 2.24) is 30.3 Å². The fraction of sp³-hybridized carbons (Fsp3) is 0.273. The number of alkyl halides is 3. The van der Waals surface area contributed by atoms with Gasteiger partial charge in [-0.1, -0.05) is 36.4 Å². The highest BCUT2D eigenvalue weighted by molar-refractivity contribution is 5.92. The van der Waals surface area contributed by atoms with Crippen LogP contribution in [0.3, 0.4) is 0 Å². The fourth-order valence-electron chi connectivity index (χ4n) is 3.49. The topological polar surface area (TPSA) is 88.5 Å². The Hall–Kier alpha value is -3.69. The van der Waals surface area contributed by atoms with Gasteiger partial charge < -0.3 is 10.3 Å². The van der Waals surface area contributed by atoms with Gasteiger partial charge in [-0.25, -0.2) is 9.67 Å². The van der Waals surface area contributed by atoms with Crippen molar-refractivity contribution in [1.29, 1.82) is 0 Å². The number of aryl methyl sites for hydroxylation is 1. The molecule has 0 unspecified atom stereocenters. The Morgan fingerprint density at radius 2 is 2.00 bits per heavy atom. The molecule has 10 heteroatoms. The minimum atomic E-state index is -4.48. The zero-order valence-corrected chi connectivity index (χ0v) is 17.4. The molecule has 0 saturated carbocycles. The average Bonchev–Trinajstić information content (AvgIpc) is 3.38. The standard InChI is InChI=1S/C22H21F3N6O/c1-3-16(20-26-17-9-8-13(2)10-18(17)27-20)28-21(32)19-12-31(30-29-19)11-14-6-4-5-7-15(14)22(23,24)25/h4-10,12,16H,3,11H2,1-2H3,(H,26,27)(H,28,32)/t16-/m0/s1. The van der Waals surface area contributed by atoms with Gasteiger partial charge in [0.05, 0.1) is 35.4 Å². The van der Waals surface area contributed by atoms with E-state index in [1.165, 1.54) is 29.1 Å². The summed E-state index contributed by atoms with van der Waals surface area (Å²) in [6.07, 6.45) is -2.56. The average molecular weight is 442 g/mol. The van der Waals surface area contributed by atoms with Gasteiger partial charge in [-0.05, 0) is 42.7 Å². The number of carbonyl (C=O) groups excluding carboxylic acids is 1. The van der Waals surface area contributed by atoms with Crippen molar-refractivity contribution in [2.75, 3.05) is 0 Å². The number of nitrogens with zero attached hydrogens (tertiary/aromatic N) is 4. The van der Waals surface area contributed by atoms with Crippen LogP contribution in [0.2, 0.25) is 0 Å². The molecule has 0 saturated heterocycles. The number of aromatic nitrogens is 5. The van der Waals surface area contributed by atoms with E-state index < -0.39 is 17.6 Å². The molecule has 4 rings (SSSR count). The number of amides is 1. The molecule has 0 aliphatic carbocycles. The highest BCUT2D eigenvalue weighted by atomic mass is 19.4. The molecular weight excluding hydrogens is 421 g/mol. The van der Waals surface area contributed by atoms with E-state index in [-0.39, 0.29) is 23.8 Å². The van der Waals surface area contributed by atoms with E-state index >= 15 is 0 Å². The number of hydrogen-bond acceptors (Lipinski definition) is 4. The van der Waals surface area contributed by atoms with E-state index in [1.54, 1.807) is 0 Å². The molecular formula is C22H21F3N6O. The van der Waals surface area contributed by atoms with Gasteiger partial charge in [0.25, 0.3) is 5.91 Å². The second-order valence-corrected chi connectivity index (χ2v) is 7.53. The summed E-state index contributed by atoms with van der Waals surface area (Å²) in [7, 11) is 0. The normalized spacial score (nSPS) is 12.8. The molecule has 2 aromatic carbocycles. The number of imidazole rings is 1. The first-order valence-electron chi connectivity index (χ1n) is 10.1. The second kappa shape index (κ2) is 8.45. The molecule has 166 valence electrons. The SMILES string of the molecule is CC[C@H](NC(=O)c1cn(Cc2ccccc2C(F)(F)F)nn1)c1nc2ccc(C)cc2[nH]1. The molecule has 1 atom stereocenters. The van der Waals surface area contributed by atoms with Gasteiger partial charge in [0.2, 0.25) is 0 Å². The first-order valence-corrected chi connectivity index (χ1v) is 10.1. The number of nitrogens with one attached hydrogen (secondary N) is 2. The third-order valence-electron chi connectivity index (χ3n) is 5.13. The number of H-pyrrole nitrogens is 1. The molecule has 0 spiro atoms. The molecule has 2 N–H and O–H groups in total. The summed E-state index contributed by atoms with van der Waals surface area (Å²) in [4.78, 5) is 20.5. The van der Waals surface area contributed by atoms with Gasteiger partial charge in [0.15, 0.2) is 5.69 Å². The van der Waals surface area contributed by atoms with Crippen molar-refractivity contribution in [3.63, 3.8) is 0 Å². The van der Waals surface area contributed by atoms with Gasteiger partial charge in [-0.15, -0.1) is 5.10 Å². The van der Waals surface area contributed by atoms with Crippen molar-refractivity contribution >= 4 is 16.9 Å². The molecule has 0 fully saturated rings. The largest absolute Gasteiger partial charge is 0.416 e. The third-order valence-corrected chi connectivity index (χ3v) is 5.13. The van der Waals surface area contributed by atoms with Crippen molar-refractivity contribution in [3.05, 3.63) is 76.9 Å². The Labute approximate surface area is 181 Å². The molecule has 32 heavy (non-hydrogen) atoms. The summed E-state index contributed by atoms with van der Waals surface area (Å²) in [6.45, 7) is 3.74. The zero-order chi connectivity index (χ0) is 22.9. The molecule has 0 bridgehead atoms. The summed E-state index contributed by atoms with van der Waals surface area (Å²) in [6, 6.07) is 10.7. The lowest BCUT2D eigenvalue weighted by atomic mass is 10.1. The van der Waals surface area contributed by atoms with Crippen LogP contribution in [0.4, 0.5) is 13.2 Å². The second-order valence-electron chi connectivity index (χ2n) is 7.53. The summed E-state index contributed by atoms with van der Waals surface area (Å²) < 4.78 is 40.8. The fourth-order valence-corrected chi connectivity index (χ4v) is 3.49. The smallest absolute Gasteiger partial charge is 0.341 e. The van der Waals surface area contributed by atoms with Gasteiger partial charge in [0, 0.05) is 0 Å². The first-order chi connectivity index (χ1) is 15.2. The van der Waals surface area contributed by atoms with E-state index in [2.05, 4.69) is 25.6 Å². The van der Waals surface area contributed by atoms with Crippen LogP contribution in [0.15, 0.2) is 48.7 Å². The van der Waals surface area contributed by atoms with Crippen LogP contribution >= 0.6 is 0 Å². The van der Waals surface area contributed by atoms with Crippen LogP contribution < -0.4 is 5.32 Å². The molecule has 0 aliphatic rings. The highest BCUT2D eigenvalue weighted by Crippen LogP contribution is 2.32. The van der Waals surface area contributed by atoms with E-state index in [1.807, 2.05) is 32.0 Å². The number of fused-ring (bicyclic) bond motifs is 1. The maximum Gasteiger partial charge on any atom is 0.416 e. The van der Waals surface area contributed by atoms with Crippen LogP contribution in [-0.4, -0.2) is 30.9 Å². The molecule has 2 heterocycles. The van der Waals surface area contributed by atoms with Crippen LogP contribution in [0.25, 0.3) is 11.0 Å². The van der Waals surface area contributed by atoms with E-state index in [4.69, 9.17) is 0 Å². The molecule has 7 nitrogen and oxygen atoms in total. The number of benzene rings is 2. The van der Waals surface area contributed by atoms with E-state index in [0.29, 0.717) is 12.2 Å². The highest BCUT2D eigenvalue weighted by Gasteiger charge is 2.33. The van der Waals surface area contributed by atoms with E-state index in [9.17, 15) is 18.0 Å². The molecule has 2 aromatic heterocycles. The minimum absolute atomic E-state index is 0.0138. The summed E-state index contributed by atoms with van der Waals surface area (Å²) in [5, 5.41) is 10.5. The third kappa shape index (κ3) is 4.48. The van der Waals surface area contributed by atoms with Crippen LogP contribution in [0.5, 0.6) is 0 Å². The lowest BCUT2D eigenvalue weighted by molar-refractivity contribution is -0.138. The van der Waals surface area contributed by atoms with Crippen LogP contribution in [-0.2, 0) is 12.7 Å². The quantitative estimate of drug-likeness (QED) is 0.463. The Bertz CT molecular complexity index is 1260. The van der Waals surface area contributed by atoms with Crippen LogP contribution in [0.1, 0.15) is 52.4 Å². The molecule has 0 aliphatic heterocycles. The number of halogens is 3. The van der Waals surface area contributed by atoms with Crippen molar-refractivity contribution in [3.8, 4) is 0 Å². The predicted octanol–water partition coefficient (Wildman–Crippen LogP) is 4.41. The molecule has 1 amide bonds. The maximum atomic E-state index is 13.2. The van der Waals surface area contributed by atoms with Crippen molar-refractivity contribution < 1.29 is 18.0 Å². The monoisotopic (exact) mass is 442 g/mol. The molecule has 0 radical (unpaired) electrons. The number of aromatic amines is 1. The summed E-state index contributed by atoms with van der Waals surface area (Å²) in [5.74, 6) is 0.136. The number of rotatable bonds is 6. The van der Waals surface area contributed by atoms with Gasteiger partial charge in [-0.2, -0.15) is 13.2 Å². The predicted molar refractivity (Wildman–Crippen MR) is 112 cm³/mol. The van der Waals surface area contributed by atoms with Crippen molar-refractivity contribution in [2.45, 2.75) is 39.0 Å². The van der Waals surface area contributed by atoms with E-state index in [0.717, 1.165) is 22.7 Å². The maximum absolute atomic E-state index is 13.2. The summed E-state index contributed by atoms with van der Waals surface area (Å²) in [5.41, 5.74) is 2.08. The summed E-state index contributed by atoms with van der Waals surface area (Å²) >= 11 is 0. The Morgan fingerprint density at radius 1 is 1.22 bits per heavy atom. The first kappa shape index (κ1) is 21.5. The Balaban J connectivity index is 1.50. The number of hydrogen-bond donors (Lipinski definition) is 2. The van der Waals surface area contributed by atoms with Gasteiger partial charge >= 0.3 is 6.18 Å². The lowest BCUT2D eigenvalue weighted by Gasteiger charge is -2.13. The lowest BCUT2D eigenvalue weighted by Crippen LogP contribution is -2.29. The van der Waals surface area contributed by atoms with Gasteiger partial charge in [-0.3, -0.25) is 4.79 Å². The van der Waals surface area contributed by atoms with Crippen molar-refractivity contribution in [2.24, 2.45) is 0 Å². The number of carbonyl (C=O) groups is 1. The molecule has 4 aromatic rings. The van der Waals surface area contributed by atoms with Gasteiger partial charge in [0.1, 0.15) is 5.82 Å².